The first-order valence-corrected chi connectivity index (χ1v) is 10.1. The van der Waals surface area contributed by atoms with Crippen LogP contribution in [0.25, 0.3) is 0 Å². The summed E-state index contributed by atoms with van der Waals surface area (Å²) in [4.78, 5) is 51.5. The standard InChI is InChI=1S/C23H23N3O5/c1-23(16-10-6-3-7-11-16)21(29)26(22(30)25-23)14-18(27)31-19(15-8-4-2-5-9-15)20(28)24-17-12-13-17/h2-11,17,19H,12-14H2,1H3,(H,24,28)(H,25,30)/t19-,23-/m1/s1. The van der Waals surface area contributed by atoms with Crippen LogP contribution in [0.2, 0.25) is 0 Å². The summed E-state index contributed by atoms with van der Waals surface area (Å²) in [5.74, 6) is -1.83. The van der Waals surface area contributed by atoms with Gasteiger partial charge >= 0.3 is 12.0 Å². The van der Waals surface area contributed by atoms with Crippen LogP contribution in [-0.2, 0) is 24.7 Å². The SMILES string of the molecule is C[C@]1(c2ccccc2)NC(=O)N(CC(=O)O[C@@H](C(=O)NC2CC2)c2ccccc2)C1=O. The minimum atomic E-state index is -1.28. The van der Waals surface area contributed by atoms with Crippen LogP contribution >= 0.6 is 0 Å². The van der Waals surface area contributed by atoms with E-state index in [0.29, 0.717) is 11.1 Å². The lowest BCUT2D eigenvalue weighted by Crippen LogP contribution is -2.42. The maximum Gasteiger partial charge on any atom is 0.327 e. The van der Waals surface area contributed by atoms with Gasteiger partial charge in [0, 0.05) is 11.6 Å². The smallest absolute Gasteiger partial charge is 0.327 e. The third-order valence-corrected chi connectivity index (χ3v) is 5.43. The van der Waals surface area contributed by atoms with Crippen LogP contribution in [0, 0.1) is 0 Å². The van der Waals surface area contributed by atoms with Crippen LogP contribution in [0.15, 0.2) is 60.7 Å². The number of amides is 4. The van der Waals surface area contributed by atoms with Crippen LogP contribution in [-0.4, -0.2) is 41.3 Å². The summed E-state index contributed by atoms with van der Waals surface area (Å²) in [7, 11) is 0. The maximum atomic E-state index is 13.0. The van der Waals surface area contributed by atoms with Crippen LogP contribution in [0.4, 0.5) is 4.79 Å². The summed E-state index contributed by atoms with van der Waals surface area (Å²) in [5.41, 5.74) is -0.156. The second kappa shape index (κ2) is 8.22. The third-order valence-electron chi connectivity index (χ3n) is 5.43. The fraction of sp³-hybridized carbons (Fsp3) is 0.304. The number of esters is 1. The molecule has 0 aromatic heterocycles. The van der Waals surface area contributed by atoms with E-state index in [4.69, 9.17) is 4.74 Å². The monoisotopic (exact) mass is 421 g/mol. The highest BCUT2D eigenvalue weighted by atomic mass is 16.5. The third kappa shape index (κ3) is 4.28. The Kier molecular flexibility index (Phi) is 5.46. The number of carbonyl (C=O) groups is 4. The van der Waals surface area contributed by atoms with Crippen molar-refractivity contribution in [1.82, 2.24) is 15.5 Å². The van der Waals surface area contributed by atoms with Crippen molar-refractivity contribution in [2.45, 2.75) is 37.5 Å². The molecule has 1 aliphatic heterocycles. The number of carbonyl (C=O) groups excluding carboxylic acids is 4. The zero-order chi connectivity index (χ0) is 22.0. The van der Waals surface area contributed by atoms with E-state index in [-0.39, 0.29) is 6.04 Å². The molecular weight excluding hydrogens is 398 g/mol. The summed E-state index contributed by atoms with van der Waals surface area (Å²) >= 11 is 0. The van der Waals surface area contributed by atoms with Crippen molar-refractivity contribution < 1.29 is 23.9 Å². The molecule has 2 aliphatic rings. The van der Waals surface area contributed by atoms with Gasteiger partial charge in [-0.25, -0.2) is 4.79 Å². The average Bonchev–Trinajstić information content (AvgIpc) is 3.56. The van der Waals surface area contributed by atoms with Gasteiger partial charge in [-0.3, -0.25) is 19.3 Å². The molecule has 1 aliphatic carbocycles. The van der Waals surface area contributed by atoms with Crippen molar-refractivity contribution in [3.8, 4) is 0 Å². The summed E-state index contributed by atoms with van der Waals surface area (Å²) in [6, 6.07) is 16.8. The normalized spacial score (nSPS) is 21.4. The molecule has 2 aromatic carbocycles. The quantitative estimate of drug-likeness (QED) is 0.526. The van der Waals surface area contributed by atoms with Crippen molar-refractivity contribution in [2.75, 3.05) is 6.54 Å². The number of nitrogens with one attached hydrogen (secondary N) is 2. The average molecular weight is 421 g/mol. The van der Waals surface area contributed by atoms with Gasteiger partial charge in [-0.2, -0.15) is 0 Å². The number of hydrogen-bond acceptors (Lipinski definition) is 5. The Morgan fingerprint density at radius 1 is 1.10 bits per heavy atom. The molecule has 1 saturated carbocycles. The summed E-state index contributed by atoms with van der Waals surface area (Å²) in [5, 5.41) is 5.47. The van der Waals surface area contributed by atoms with E-state index in [1.165, 1.54) is 0 Å². The van der Waals surface area contributed by atoms with Crippen molar-refractivity contribution in [3.05, 3.63) is 71.8 Å². The van der Waals surface area contributed by atoms with E-state index in [2.05, 4.69) is 10.6 Å². The Hall–Kier alpha value is -3.68. The highest BCUT2D eigenvalue weighted by molar-refractivity contribution is 6.08. The molecule has 0 spiro atoms. The van der Waals surface area contributed by atoms with Crippen molar-refractivity contribution in [2.24, 2.45) is 0 Å². The Labute approximate surface area is 179 Å². The van der Waals surface area contributed by atoms with Gasteiger partial charge < -0.3 is 15.4 Å². The lowest BCUT2D eigenvalue weighted by Gasteiger charge is -2.22. The number of rotatable bonds is 7. The molecule has 8 heteroatoms. The summed E-state index contributed by atoms with van der Waals surface area (Å²) in [6.45, 7) is 0.997. The Bertz CT molecular complexity index is 1010. The zero-order valence-corrected chi connectivity index (χ0v) is 17.0. The molecule has 4 amide bonds. The lowest BCUT2D eigenvalue weighted by molar-refractivity contribution is -0.158. The number of nitrogens with zero attached hydrogens (tertiary/aromatic N) is 1. The Balaban J connectivity index is 1.48. The molecule has 1 saturated heterocycles. The zero-order valence-electron chi connectivity index (χ0n) is 17.0. The van der Waals surface area contributed by atoms with E-state index in [1.54, 1.807) is 67.6 Å². The number of benzene rings is 2. The fourth-order valence-corrected chi connectivity index (χ4v) is 3.51. The van der Waals surface area contributed by atoms with Crippen molar-refractivity contribution >= 4 is 23.8 Å². The van der Waals surface area contributed by atoms with E-state index >= 15 is 0 Å². The molecule has 0 radical (unpaired) electrons. The number of ether oxygens (including phenoxy) is 1. The first-order chi connectivity index (χ1) is 14.9. The largest absolute Gasteiger partial charge is 0.446 e. The van der Waals surface area contributed by atoms with Crippen LogP contribution in [0.1, 0.15) is 37.0 Å². The fourth-order valence-electron chi connectivity index (χ4n) is 3.51. The first kappa shape index (κ1) is 20.6. The van der Waals surface area contributed by atoms with Gasteiger partial charge in [0.25, 0.3) is 11.8 Å². The molecule has 8 nitrogen and oxygen atoms in total. The Morgan fingerprint density at radius 2 is 1.71 bits per heavy atom. The highest BCUT2D eigenvalue weighted by Gasteiger charge is 2.49. The van der Waals surface area contributed by atoms with Gasteiger partial charge in [-0.05, 0) is 25.3 Å². The second-order valence-corrected chi connectivity index (χ2v) is 7.88. The molecule has 4 rings (SSSR count). The molecule has 0 unspecified atom stereocenters. The first-order valence-electron chi connectivity index (χ1n) is 10.1. The molecule has 2 N–H and O–H groups in total. The van der Waals surface area contributed by atoms with E-state index in [1.807, 2.05) is 0 Å². The molecule has 2 fully saturated rings. The summed E-state index contributed by atoms with van der Waals surface area (Å²) < 4.78 is 5.43. The van der Waals surface area contributed by atoms with E-state index in [0.717, 1.165) is 17.7 Å². The van der Waals surface area contributed by atoms with Gasteiger partial charge in [0.2, 0.25) is 6.10 Å². The molecular formula is C23H23N3O5. The second-order valence-electron chi connectivity index (χ2n) is 7.88. The van der Waals surface area contributed by atoms with E-state index < -0.39 is 42.0 Å². The van der Waals surface area contributed by atoms with Crippen LogP contribution in [0.3, 0.4) is 0 Å². The lowest BCUT2D eigenvalue weighted by atomic mass is 9.92. The minimum Gasteiger partial charge on any atom is -0.446 e. The molecule has 31 heavy (non-hydrogen) atoms. The Morgan fingerprint density at radius 3 is 2.32 bits per heavy atom. The number of hydrogen-bond donors (Lipinski definition) is 2. The molecule has 2 aromatic rings. The predicted molar refractivity (Wildman–Crippen MR) is 110 cm³/mol. The van der Waals surface area contributed by atoms with Gasteiger partial charge in [0.05, 0.1) is 0 Å². The van der Waals surface area contributed by atoms with Crippen molar-refractivity contribution in [3.63, 3.8) is 0 Å². The molecule has 0 bridgehead atoms. The molecule has 1 heterocycles. The van der Waals surface area contributed by atoms with Gasteiger partial charge in [-0.15, -0.1) is 0 Å². The number of imide groups is 1. The highest BCUT2D eigenvalue weighted by Crippen LogP contribution is 2.29. The summed E-state index contributed by atoms with van der Waals surface area (Å²) in [6.07, 6.45) is 0.624. The van der Waals surface area contributed by atoms with Gasteiger partial charge in [0.15, 0.2) is 0 Å². The predicted octanol–water partition coefficient (Wildman–Crippen LogP) is 2.02. The van der Waals surface area contributed by atoms with Crippen LogP contribution < -0.4 is 10.6 Å². The van der Waals surface area contributed by atoms with E-state index in [9.17, 15) is 19.2 Å². The number of urea groups is 1. The van der Waals surface area contributed by atoms with Gasteiger partial charge in [-0.1, -0.05) is 60.7 Å². The topological polar surface area (TPSA) is 105 Å². The van der Waals surface area contributed by atoms with Crippen molar-refractivity contribution in [1.29, 1.82) is 0 Å². The minimum absolute atomic E-state index is 0.0925. The molecule has 160 valence electrons. The van der Waals surface area contributed by atoms with Crippen LogP contribution in [0.5, 0.6) is 0 Å². The maximum absolute atomic E-state index is 13.0. The van der Waals surface area contributed by atoms with Gasteiger partial charge in [0.1, 0.15) is 12.1 Å². The molecule has 2 atom stereocenters.